The zero-order valence-corrected chi connectivity index (χ0v) is 17.7. The summed E-state index contributed by atoms with van der Waals surface area (Å²) in [6.07, 6.45) is 1.84. The van der Waals surface area contributed by atoms with Gasteiger partial charge in [0, 0.05) is 30.6 Å². The SMILES string of the molecule is CC1(C)CN(C(CNC(=O)C2CCNCC2)c2ccc(Cl)cc2)CCO1.Cl. The minimum atomic E-state index is -0.179. The van der Waals surface area contributed by atoms with Crippen LogP contribution in [-0.2, 0) is 9.53 Å². The molecule has 1 atom stereocenters. The summed E-state index contributed by atoms with van der Waals surface area (Å²) >= 11 is 6.07. The van der Waals surface area contributed by atoms with Gasteiger partial charge in [0.15, 0.2) is 0 Å². The van der Waals surface area contributed by atoms with Gasteiger partial charge >= 0.3 is 0 Å². The molecule has 0 saturated carbocycles. The average Bonchev–Trinajstić information content (AvgIpc) is 2.63. The number of nitrogens with zero attached hydrogens (tertiary/aromatic N) is 1. The molecule has 3 rings (SSSR count). The summed E-state index contributed by atoms with van der Waals surface area (Å²) in [6, 6.07) is 8.09. The molecule has 2 fully saturated rings. The first kappa shape index (κ1) is 22.4. The van der Waals surface area contributed by atoms with Crippen molar-refractivity contribution in [1.82, 2.24) is 15.5 Å². The van der Waals surface area contributed by atoms with E-state index in [0.717, 1.165) is 44.0 Å². The zero-order chi connectivity index (χ0) is 18.6. The number of halogens is 2. The van der Waals surface area contributed by atoms with E-state index in [1.54, 1.807) is 0 Å². The first-order chi connectivity index (χ1) is 12.4. The van der Waals surface area contributed by atoms with E-state index in [4.69, 9.17) is 16.3 Å². The highest BCUT2D eigenvalue weighted by molar-refractivity contribution is 6.30. The quantitative estimate of drug-likeness (QED) is 0.775. The summed E-state index contributed by atoms with van der Waals surface area (Å²) in [5.41, 5.74) is 1.000. The van der Waals surface area contributed by atoms with Crippen LogP contribution in [0.15, 0.2) is 24.3 Å². The standard InChI is InChI=1S/C20H30ClN3O2.ClH/c1-20(2)14-24(11-12-26-20)18(15-3-5-17(21)6-4-15)13-23-19(25)16-7-9-22-10-8-16;/h3-6,16,18,22H,7-14H2,1-2H3,(H,23,25);1H. The van der Waals surface area contributed by atoms with E-state index in [1.165, 1.54) is 5.56 Å². The highest BCUT2D eigenvalue weighted by Gasteiger charge is 2.32. The van der Waals surface area contributed by atoms with Crippen molar-refractivity contribution in [3.8, 4) is 0 Å². The largest absolute Gasteiger partial charge is 0.373 e. The van der Waals surface area contributed by atoms with Crippen molar-refractivity contribution in [1.29, 1.82) is 0 Å². The molecule has 1 unspecified atom stereocenters. The Morgan fingerprint density at radius 1 is 1.33 bits per heavy atom. The lowest BCUT2D eigenvalue weighted by Gasteiger charge is -2.42. The van der Waals surface area contributed by atoms with Crippen molar-refractivity contribution in [2.45, 2.75) is 38.3 Å². The van der Waals surface area contributed by atoms with Crippen LogP contribution in [0, 0.1) is 5.92 Å². The predicted molar refractivity (Wildman–Crippen MR) is 112 cm³/mol. The van der Waals surface area contributed by atoms with Gasteiger partial charge in [-0.05, 0) is 57.5 Å². The maximum atomic E-state index is 12.6. The van der Waals surface area contributed by atoms with Crippen LogP contribution in [-0.4, -0.2) is 55.7 Å². The molecule has 152 valence electrons. The summed E-state index contributed by atoms with van der Waals surface area (Å²) in [5.74, 6) is 0.307. The minimum Gasteiger partial charge on any atom is -0.373 e. The highest BCUT2D eigenvalue weighted by Crippen LogP contribution is 2.27. The Kier molecular flexibility index (Phi) is 8.38. The molecular weight excluding hydrogens is 385 g/mol. The predicted octanol–water partition coefficient (Wildman–Crippen LogP) is 3.03. The Morgan fingerprint density at radius 3 is 2.63 bits per heavy atom. The van der Waals surface area contributed by atoms with Gasteiger partial charge < -0.3 is 15.4 Å². The number of amides is 1. The third-order valence-corrected chi connectivity index (χ3v) is 5.58. The number of rotatable bonds is 5. The molecule has 7 heteroatoms. The summed E-state index contributed by atoms with van der Waals surface area (Å²) in [5, 5.41) is 7.25. The van der Waals surface area contributed by atoms with Crippen LogP contribution in [0.4, 0.5) is 0 Å². The second kappa shape index (κ2) is 10.1. The summed E-state index contributed by atoms with van der Waals surface area (Å²) in [7, 11) is 0. The van der Waals surface area contributed by atoms with Gasteiger partial charge in [-0.2, -0.15) is 0 Å². The molecular formula is C20H31Cl2N3O2. The molecule has 1 aromatic rings. The Bertz CT molecular complexity index is 604. The number of nitrogens with one attached hydrogen (secondary N) is 2. The van der Waals surface area contributed by atoms with Gasteiger partial charge in [0.25, 0.3) is 0 Å². The van der Waals surface area contributed by atoms with Crippen molar-refractivity contribution in [2.75, 3.05) is 39.3 Å². The first-order valence-corrected chi connectivity index (χ1v) is 9.94. The van der Waals surface area contributed by atoms with Crippen molar-refractivity contribution in [2.24, 2.45) is 5.92 Å². The normalized spacial score (nSPS) is 21.9. The van der Waals surface area contributed by atoms with E-state index in [-0.39, 0.29) is 35.9 Å². The molecule has 2 N–H and O–H groups in total. The van der Waals surface area contributed by atoms with E-state index in [9.17, 15) is 4.79 Å². The third kappa shape index (κ3) is 6.33. The first-order valence-electron chi connectivity index (χ1n) is 9.56. The van der Waals surface area contributed by atoms with Crippen LogP contribution < -0.4 is 10.6 Å². The number of ether oxygens (including phenoxy) is 1. The Labute approximate surface area is 173 Å². The molecule has 1 amide bonds. The maximum absolute atomic E-state index is 12.6. The Balaban J connectivity index is 0.00000261. The van der Waals surface area contributed by atoms with E-state index in [0.29, 0.717) is 13.2 Å². The molecule has 2 heterocycles. The number of benzene rings is 1. The second-order valence-corrected chi connectivity index (χ2v) is 8.35. The maximum Gasteiger partial charge on any atom is 0.223 e. The fourth-order valence-corrected chi connectivity index (χ4v) is 4.01. The Hall–Kier alpha value is -0.850. The molecule has 0 aromatic heterocycles. The molecule has 0 aliphatic carbocycles. The molecule has 1 aromatic carbocycles. The van der Waals surface area contributed by atoms with Gasteiger partial charge in [-0.1, -0.05) is 23.7 Å². The topological polar surface area (TPSA) is 53.6 Å². The summed E-state index contributed by atoms with van der Waals surface area (Å²) < 4.78 is 5.86. The molecule has 0 spiro atoms. The average molecular weight is 416 g/mol. The molecule has 0 radical (unpaired) electrons. The van der Waals surface area contributed by atoms with E-state index >= 15 is 0 Å². The molecule has 2 saturated heterocycles. The lowest BCUT2D eigenvalue weighted by molar-refractivity contribution is -0.126. The fourth-order valence-electron chi connectivity index (χ4n) is 3.89. The van der Waals surface area contributed by atoms with Crippen LogP contribution in [0.3, 0.4) is 0 Å². The highest BCUT2D eigenvalue weighted by atomic mass is 35.5. The van der Waals surface area contributed by atoms with Crippen molar-refractivity contribution in [3.63, 3.8) is 0 Å². The molecule has 2 aliphatic rings. The summed E-state index contributed by atoms with van der Waals surface area (Å²) in [4.78, 5) is 15.0. The molecule has 27 heavy (non-hydrogen) atoms. The van der Waals surface area contributed by atoms with E-state index in [1.807, 2.05) is 12.1 Å². The lowest BCUT2D eigenvalue weighted by atomic mass is 9.96. The van der Waals surface area contributed by atoms with Crippen molar-refractivity contribution in [3.05, 3.63) is 34.9 Å². The van der Waals surface area contributed by atoms with Gasteiger partial charge in [0.2, 0.25) is 5.91 Å². The second-order valence-electron chi connectivity index (χ2n) is 7.92. The van der Waals surface area contributed by atoms with Crippen molar-refractivity contribution < 1.29 is 9.53 Å². The minimum absolute atomic E-state index is 0. The Morgan fingerprint density at radius 2 is 2.00 bits per heavy atom. The molecule has 2 aliphatic heterocycles. The number of hydrogen-bond acceptors (Lipinski definition) is 4. The molecule has 0 bridgehead atoms. The van der Waals surface area contributed by atoms with Gasteiger partial charge in [0.05, 0.1) is 18.2 Å². The number of carbonyl (C=O) groups is 1. The van der Waals surface area contributed by atoms with Crippen LogP contribution in [0.1, 0.15) is 38.3 Å². The van der Waals surface area contributed by atoms with Crippen LogP contribution in [0.2, 0.25) is 5.02 Å². The van der Waals surface area contributed by atoms with E-state index in [2.05, 4.69) is 41.5 Å². The zero-order valence-electron chi connectivity index (χ0n) is 16.2. The third-order valence-electron chi connectivity index (χ3n) is 5.33. The smallest absolute Gasteiger partial charge is 0.223 e. The van der Waals surface area contributed by atoms with Crippen LogP contribution >= 0.6 is 24.0 Å². The van der Waals surface area contributed by atoms with Gasteiger partial charge in [-0.15, -0.1) is 12.4 Å². The number of morpholine rings is 1. The van der Waals surface area contributed by atoms with E-state index < -0.39 is 0 Å². The number of piperidine rings is 1. The monoisotopic (exact) mass is 415 g/mol. The van der Waals surface area contributed by atoms with Gasteiger partial charge in [-0.3, -0.25) is 9.69 Å². The number of hydrogen-bond donors (Lipinski definition) is 2. The summed E-state index contributed by atoms with van der Waals surface area (Å²) in [6.45, 7) is 9.10. The van der Waals surface area contributed by atoms with Crippen molar-refractivity contribution >= 4 is 29.9 Å². The number of carbonyl (C=O) groups excluding carboxylic acids is 1. The van der Waals surface area contributed by atoms with Crippen LogP contribution in [0.25, 0.3) is 0 Å². The fraction of sp³-hybridized carbons (Fsp3) is 0.650. The van der Waals surface area contributed by atoms with Gasteiger partial charge in [0.1, 0.15) is 0 Å². The molecule has 5 nitrogen and oxygen atoms in total. The van der Waals surface area contributed by atoms with Crippen LogP contribution in [0.5, 0.6) is 0 Å². The van der Waals surface area contributed by atoms with Gasteiger partial charge in [-0.25, -0.2) is 0 Å². The lowest BCUT2D eigenvalue weighted by Crippen LogP contribution is -2.52.